The number of carbonyl (C=O) groups excluding carboxylic acids is 1. The van der Waals surface area contributed by atoms with Crippen LogP contribution >= 0.6 is 11.8 Å². The molecule has 0 aliphatic carbocycles. The van der Waals surface area contributed by atoms with Gasteiger partial charge in [0.05, 0.1) is 38.2 Å². The standard InChI is InChI=1S/C22H23N3O2S/c1-27-19-9-7-17(8-10-19)15-20-21(26)23-22(28-20)25-13-11-24(12-14-25)16-18-5-3-2-4-6-18/h2-10,15H,11-14,16H2,1H3/p+1/b20-15-. The third kappa shape index (κ3) is 4.46. The van der Waals surface area contributed by atoms with Crippen molar-refractivity contribution in [2.45, 2.75) is 6.54 Å². The molecule has 2 heterocycles. The van der Waals surface area contributed by atoms with E-state index >= 15 is 0 Å². The molecule has 1 fully saturated rings. The number of thioether (sulfide) groups is 1. The zero-order valence-corrected chi connectivity index (χ0v) is 16.7. The summed E-state index contributed by atoms with van der Waals surface area (Å²) in [5.41, 5.74) is 2.35. The molecule has 6 heteroatoms. The van der Waals surface area contributed by atoms with E-state index in [1.54, 1.807) is 12.0 Å². The number of piperazine rings is 1. The number of amides is 1. The Balaban J connectivity index is 1.34. The van der Waals surface area contributed by atoms with Crippen LogP contribution < -0.4 is 9.64 Å². The maximum absolute atomic E-state index is 12.3. The number of carbonyl (C=O) groups is 1. The number of aliphatic imine (C=N–C) groups is 1. The predicted molar refractivity (Wildman–Crippen MR) is 113 cm³/mol. The molecule has 2 aliphatic heterocycles. The zero-order chi connectivity index (χ0) is 19.3. The molecule has 0 spiro atoms. The zero-order valence-electron chi connectivity index (χ0n) is 15.9. The van der Waals surface area contributed by atoms with Crippen molar-refractivity contribution in [2.75, 3.05) is 33.3 Å². The minimum atomic E-state index is -0.144. The summed E-state index contributed by atoms with van der Waals surface area (Å²) in [6.45, 7) is 5.02. The minimum absolute atomic E-state index is 0.144. The molecule has 5 nitrogen and oxygen atoms in total. The van der Waals surface area contributed by atoms with E-state index in [1.807, 2.05) is 30.3 Å². The van der Waals surface area contributed by atoms with Crippen molar-refractivity contribution in [3.8, 4) is 5.75 Å². The van der Waals surface area contributed by atoms with Crippen LogP contribution in [-0.2, 0) is 11.3 Å². The number of nitrogens with one attached hydrogen (secondary N) is 1. The van der Waals surface area contributed by atoms with Crippen LogP contribution in [0.1, 0.15) is 11.1 Å². The maximum Gasteiger partial charge on any atom is 0.286 e. The van der Waals surface area contributed by atoms with Gasteiger partial charge in [-0.25, -0.2) is 0 Å². The van der Waals surface area contributed by atoms with Crippen LogP contribution in [0.2, 0.25) is 0 Å². The van der Waals surface area contributed by atoms with Crippen molar-refractivity contribution < 1.29 is 14.4 Å². The average Bonchev–Trinajstić information content (AvgIpc) is 3.10. The van der Waals surface area contributed by atoms with Gasteiger partial charge < -0.3 is 14.5 Å². The molecular weight excluding hydrogens is 370 g/mol. The van der Waals surface area contributed by atoms with E-state index in [0.717, 1.165) is 49.2 Å². The van der Waals surface area contributed by atoms with E-state index in [0.29, 0.717) is 4.91 Å². The highest BCUT2D eigenvalue weighted by molar-refractivity contribution is 8.18. The Hall–Kier alpha value is -2.57. The van der Waals surface area contributed by atoms with Gasteiger partial charge in [0.1, 0.15) is 12.3 Å². The summed E-state index contributed by atoms with van der Waals surface area (Å²) in [5, 5.41) is 0.837. The maximum atomic E-state index is 12.3. The van der Waals surface area contributed by atoms with E-state index < -0.39 is 0 Å². The molecule has 1 N–H and O–H groups in total. The van der Waals surface area contributed by atoms with Gasteiger partial charge in [0.2, 0.25) is 0 Å². The lowest BCUT2D eigenvalue weighted by molar-refractivity contribution is -0.917. The monoisotopic (exact) mass is 394 g/mol. The molecule has 144 valence electrons. The van der Waals surface area contributed by atoms with Gasteiger partial charge in [0.25, 0.3) is 5.91 Å². The summed E-state index contributed by atoms with van der Waals surface area (Å²) in [5.74, 6) is 0.662. The molecule has 0 bridgehead atoms. The number of quaternary nitrogens is 1. The number of ether oxygens (including phenoxy) is 1. The van der Waals surface area contributed by atoms with E-state index in [9.17, 15) is 4.79 Å². The highest BCUT2D eigenvalue weighted by Crippen LogP contribution is 2.30. The number of nitrogens with zero attached hydrogens (tertiary/aromatic N) is 2. The van der Waals surface area contributed by atoms with Crippen LogP contribution in [0.4, 0.5) is 0 Å². The Bertz CT molecular complexity index is 886. The number of hydrogen-bond donors (Lipinski definition) is 1. The van der Waals surface area contributed by atoms with Gasteiger partial charge in [-0.2, -0.15) is 4.99 Å². The molecule has 0 atom stereocenters. The first-order chi connectivity index (χ1) is 13.7. The van der Waals surface area contributed by atoms with Crippen molar-refractivity contribution in [3.63, 3.8) is 0 Å². The SMILES string of the molecule is COc1ccc(/C=C2\SC(N3CC[NH+](Cc4ccccc4)CC3)=NC2=O)cc1. The van der Waals surface area contributed by atoms with Gasteiger partial charge >= 0.3 is 0 Å². The second kappa shape index (κ2) is 8.63. The Labute approximate surface area is 169 Å². The van der Waals surface area contributed by atoms with Crippen LogP contribution in [0.3, 0.4) is 0 Å². The topological polar surface area (TPSA) is 46.3 Å². The molecular formula is C22H24N3O2S+. The average molecular weight is 395 g/mol. The lowest BCUT2D eigenvalue weighted by atomic mass is 10.2. The molecule has 1 saturated heterocycles. The van der Waals surface area contributed by atoms with Crippen molar-refractivity contribution >= 4 is 28.9 Å². The number of methoxy groups -OCH3 is 1. The lowest BCUT2D eigenvalue weighted by Gasteiger charge is -2.32. The number of rotatable bonds is 4. The number of hydrogen-bond acceptors (Lipinski definition) is 4. The molecule has 0 radical (unpaired) electrons. The van der Waals surface area contributed by atoms with Gasteiger partial charge in [-0.1, -0.05) is 42.5 Å². The van der Waals surface area contributed by atoms with Gasteiger partial charge in [0.15, 0.2) is 5.17 Å². The predicted octanol–water partition coefficient (Wildman–Crippen LogP) is 2.07. The van der Waals surface area contributed by atoms with E-state index in [2.05, 4.69) is 40.2 Å². The van der Waals surface area contributed by atoms with Crippen LogP contribution in [0.25, 0.3) is 6.08 Å². The fourth-order valence-corrected chi connectivity index (χ4v) is 4.43. The molecule has 0 saturated carbocycles. The largest absolute Gasteiger partial charge is 0.497 e. The summed E-state index contributed by atoms with van der Waals surface area (Å²) < 4.78 is 5.18. The normalized spacial score (nSPS) is 19.2. The lowest BCUT2D eigenvalue weighted by Crippen LogP contribution is -3.13. The quantitative estimate of drug-likeness (QED) is 0.807. The summed E-state index contributed by atoms with van der Waals surface area (Å²) >= 11 is 1.48. The van der Waals surface area contributed by atoms with Crippen molar-refractivity contribution in [2.24, 2.45) is 4.99 Å². The second-order valence-corrected chi connectivity index (χ2v) is 7.99. The summed E-state index contributed by atoms with van der Waals surface area (Å²) in [4.78, 5) is 21.1. The number of amidine groups is 1. The third-order valence-corrected chi connectivity index (χ3v) is 6.11. The second-order valence-electron chi connectivity index (χ2n) is 6.98. The minimum Gasteiger partial charge on any atom is -0.497 e. The van der Waals surface area contributed by atoms with Crippen molar-refractivity contribution in [1.82, 2.24) is 4.90 Å². The summed E-state index contributed by atoms with van der Waals surface area (Å²) in [6, 6.07) is 18.3. The van der Waals surface area contributed by atoms with Crippen LogP contribution in [-0.4, -0.2) is 49.3 Å². The summed E-state index contributed by atoms with van der Waals surface area (Å²) in [6.07, 6.45) is 1.90. The smallest absolute Gasteiger partial charge is 0.286 e. The van der Waals surface area contributed by atoms with Gasteiger partial charge in [-0.05, 0) is 35.5 Å². The van der Waals surface area contributed by atoms with E-state index in [1.165, 1.54) is 17.3 Å². The number of benzene rings is 2. The molecule has 2 aromatic carbocycles. The molecule has 0 aromatic heterocycles. The first-order valence-electron chi connectivity index (χ1n) is 9.50. The Kier molecular flexibility index (Phi) is 5.78. The molecule has 2 aromatic rings. The summed E-state index contributed by atoms with van der Waals surface area (Å²) in [7, 11) is 1.64. The van der Waals surface area contributed by atoms with Crippen LogP contribution in [0, 0.1) is 0 Å². The first-order valence-corrected chi connectivity index (χ1v) is 10.3. The van der Waals surface area contributed by atoms with Crippen molar-refractivity contribution in [1.29, 1.82) is 0 Å². The van der Waals surface area contributed by atoms with Gasteiger partial charge in [0, 0.05) is 5.56 Å². The Morgan fingerprint density at radius 1 is 1.11 bits per heavy atom. The highest BCUT2D eigenvalue weighted by Gasteiger charge is 2.29. The fraction of sp³-hybridized carbons (Fsp3) is 0.273. The van der Waals surface area contributed by atoms with E-state index in [4.69, 9.17) is 4.74 Å². The van der Waals surface area contributed by atoms with Crippen molar-refractivity contribution in [3.05, 3.63) is 70.6 Å². The van der Waals surface area contributed by atoms with Gasteiger partial charge in [-0.15, -0.1) is 0 Å². The molecule has 2 aliphatic rings. The first kappa shape index (κ1) is 18.8. The van der Waals surface area contributed by atoms with Crippen LogP contribution in [0.15, 0.2) is 64.5 Å². The molecule has 1 amide bonds. The molecule has 0 unspecified atom stereocenters. The fourth-order valence-electron chi connectivity index (χ4n) is 3.46. The van der Waals surface area contributed by atoms with Crippen LogP contribution in [0.5, 0.6) is 5.75 Å². The van der Waals surface area contributed by atoms with E-state index in [-0.39, 0.29) is 5.91 Å². The third-order valence-electron chi connectivity index (χ3n) is 5.06. The Morgan fingerprint density at radius 3 is 2.50 bits per heavy atom. The molecule has 4 rings (SSSR count). The Morgan fingerprint density at radius 2 is 1.82 bits per heavy atom. The van der Waals surface area contributed by atoms with Gasteiger partial charge in [-0.3, -0.25) is 4.79 Å². The molecule has 28 heavy (non-hydrogen) atoms. The highest BCUT2D eigenvalue weighted by atomic mass is 32.2.